The molecule has 0 fully saturated rings. The van der Waals surface area contributed by atoms with Gasteiger partial charge in [-0.2, -0.15) is 0 Å². The second kappa shape index (κ2) is 4.97. The van der Waals surface area contributed by atoms with Gasteiger partial charge in [-0.25, -0.2) is 5.84 Å². The summed E-state index contributed by atoms with van der Waals surface area (Å²) in [6, 6.07) is 6.22. The second-order valence-corrected chi connectivity index (χ2v) is 2.75. The number of nitrogens with two attached hydrogens (primary N) is 2. The van der Waals surface area contributed by atoms with E-state index in [4.69, 9.17) is 16.3 Å². The normalized spacial score (nSPS) is 9.40. The van der Waals surface area contributed by atoms with Gasteiger partial charge in [0.25, 0.3) is 5.91 Å². The summed E-state index contributed by atoms with van der Waals surface area (Å²) in [7, 11) is 0. The quantitative estimate of drug-likeness (QED) is 0.341. The van der Waals surface area contributed by atoms with E-state index in [2.05, 4.69) is 0 Å². The number of nitrogens with one attached hydrogen (secondary N) is 1. The van der Waals surface area contributed by atoms with Crippen molar-refractivity contribution < 1.29 is 14.3 Å². The van der Waals surface area contributed by atoms with Crippen molar-refractivity contribution in [2.75, 3.05) is 6.61 Å². The van der Waals surface area contributed by atoms with Crippen LogP contribution in [0.15, 0.2) is 24.3 Å². The van der Waals surface area contributed by atoms with Crippen molar-refractivity contribution in [3.63, 3.8) is 0 Å². The number of ether oxygens (including phenoxy) is 1. The molecule has 0 saturated carbocycles. The predicted octanol–water partition coefficient (Wildman–Crippen LogP) is -0.846. The Morgan fingerprint density at radius 3 is 2.73 bits per heavy atom. The van der Waals surface area contributed by atoms with Gasteiger partial charge in [0.05, 0.1) is 0 Å². The fourth-order valence-electron chi connectivity index (χ4n) is 0.930. The highest BCUT2D eigenvalue weighted by Crippen LogP contribution is 2.12. The van der Waals surface area contributed by atoms with Gasteiger partial charge in [-0.3, -0.25) is 15.0 Å². The molecule has 1 rings (SSSR count). The molecule has 0 heterocycles. The minimum absolute atomic E-state index is 0.210. The zero-order valence-electron chi connectivity index (χ0n) is 7.90. The highest BCUT2D eigenvalue weighted by molar-refractivity contribution is 5.93. The maximum Gasteiger partial charge on any atom is 0.271 e. The Bertz CT molecular complexity index is 379. The highest BCUT2D eigenvalue weighted by atomic mass is 16.5. The molecule has 0 radical (unpaired) electrons. The molecule has 0 aromatic heterocycles. The van der Waals surface area contributed by atoms with Gasteiger partial charge in [-0.1, -0.05) is 6.07 Å². The van der Waals surface area contributed by atoms with Crippen molar-refractivity contribution in [3.05, 3.63) is 29.8 Å². The van der Waals surface area contributed by atoms with Gasteiger partial charge >= 0.3 is 0 Å². The smallest absolute Gasteiger partial charge is 0.271 e. The molecule has 2 amide bonds. The molecule has 80 valence electrons. The van der Waals surface area contributed by atoms with Crippen molar-refractivity contribution in [3.8, 4) is 5.75 Å². The Kier molecular flexibility index (Phi) is 3.64. The van der Waals surface area contributed by atoms with Crippen LogP contribution in [0.4, 0.5) is 0 Å². The first-order valence-electron chi connectivity index (χ1n) is 4.15. The van der Waals surface area contributed by atoms with Crippen LogP contribution in [0, 0.1) is 0 Å². The van der Waals surface area contributed by atoms with Crippen LogP contribution in [0.2, 0.25) is 0 Å². The van der Waals surface area contributed by atoms with E-state index in [-0.39, 0.29) is 6.61 Å². The van der Waals surface area contributed by atoms with Crippen LogP contribution >= 0.6 is 0 Å². The van der Waals surface area contributed by atoms with Gasteiger partial charge in [-0.15, -0.1) is 0 Å². The SMILES string of the molecule is NNC(=O)COc1cccc(C(N)=O)c1. The number of benzene rings is 1. The first-order chi connectivity index (χ1) is 7.13. The van der Waals surface area contributed by atoms with Gasteiger partial charge < -0.3 is 10.5 Å². The van der Waals surface area contributed by atoms with Crippen molar-refractivity contribution in [2.45, 2.75) is 0 Å². The lowest BCUT2D eigenvalue weighted by Gasteiger charge is -2.05. The molecular weight excluding hydrogens is 198 g/mol. The lowest BCUT2D eigenvalue weighted by Crippen LogP contribution is -2.34. The number of hydrogen-bond acceptors (Lipinski definition) is 4. The Morgan fingerprint density at radius 2 is 2.13 bits per heavy atom. The van der Waals surface area contributed by atoms with Crippen molar-refractivity contribution in [1.82, 2.24) is 5.43 Å². The predicted molar refractivity (Wildman–Crippen MR) is 52.8 cm³/mol. The number of carbonyl (C=O) groups is 2. The number of rotatable bonds is 4. The third-order valence-corrected chi connectivity index (χ3v) is 1.65. The number of carbonyl (C=O) groups excluding carboxylic acids is 2. The second-order valence-electron chi connectivity index (χ2n) is 2.75. The van der Waals surface area contributed by atoms with Gasteiger partial charge in [0.1, 0.15) is 5.75 Å². The monoisotopic (exact) mass is 209 g/mol. The molecule has 1 aromatic rings. The molecule has 1 aromatic carbocycles. The summed E-state index contributed by atoms with van der Waals surface area (Å²) in [5, 5.41) is 0. The topological polar surface area (TPSA) is 107 Å². The minimum atomic E-state index is -0.552. The van der Waals surface area contributed by atoms with E-state index in [0.717, 1.165) is 0 Å². The molecule has 6 heteroatoms. The Balaban J connectivity index is 2.66. The zero-order chi connectivity index (χ0) is 11.3. The van der Waals surface area contributed by atoms with Gasteiger partial charge in [0.2, 0.25) is 5.91 Å². The van der Waals surface area contributed by atoms with Crippen LogP contribution in [0.5, 0.6) is 5.75 Å². The molecule has 0 unspecified atom stereocenters. The van der Waals surface area contributed by atoms with Gasteiger partial charge in [0, 0.05) is 5.56 Å². The minimum Gasteiger partial charge on any atom is -0.484 e. The molecular formula is C9H11N3O3. The largest absolute Gasteiger partial charge is 0.484 e. The summed E-state index contributed by atoms with van der Waals surface area (Å²) < 4.78 is 5.05. The van der Waals surface area contributed by atoms with E-state index in [1.54, 1.807) is 18.2 Å². The molecule has 0 aliphatic carbocycles. The van der Waals surface area contributed by atoms with Gasteiger partial charge in [0.15, 0.2) is 6.61 Å². The lowest BCUT2D eigenvalue weighted by atomic mass is 10.2. The average molecular weight is 209 g/mol. The zero-order valence-corrected chi connectivity index (χ0v) is 7.90. The number of hydrazine groups is 1. The van der Waals surface area contributed by atoms with Crippen molar-refractivity contribution >= 4 is 11.8 Å². The van der Waals surface area contributed by atoms with E-state index in [1.807, 2.05) is 5.43 Å². The fourth-order valence-corrected chi connectivity index (χ4v) is 0.930. The number of amides is 2. The van der Waals surface area contributed by atoms with Crippen LogP contribution < -0.4 is 21.7 Å². The average Bonchev–Trinajstić information content (AvgIpc) is 2.26. The summed E-state index contributed by atoms with van der Waals surface area (Å²) >= 11 is 0. The highest BCUT2D eigenvalue weighted by Gasteiger charge is 2.03. The first kappa shape index (κ1) is 11.0. The van der Waals surface area contributed by atoms with Crippen molar-refractivity contribution in [2.24, 2.45) is 11.6 Å². The summed E-state index contributed by atoms with van der Waals surface area (Å²) in [6.45, 7) is -0.210. The lowest BCUT2D eigenvalue weighted by molar-refractivity contribution is -0.123. The van der Waals surface area contributed by atoms with Crippen LogP contribution in [0.25, 0.3) is 0 Å². The van der Waals surface area contributed by atoms with Crippen LogP contribution in [-0.2, 0) is 4.79 Å². The Hall–Kier alpha value is -2.08. The summed E-state index contributed by atoms with van der Waals surface area (Å²) in [6.07, 6.45) is 0. The molecule has 0 spiro atoms. The fraction of sp³-hybridized carbons (Fsp3) is 0.111. The first-order valence-corrected chi connectivity index (χ1v) is 4.15. The molecule has 0 bridgehead atoms. The maximum atomic E-state index is 10.8. The third kappa shape index (κ3) is 3.28. The summed E-state index contributed by atoms with van der Waals surface area (Å²) in [4.78, 5) is 21.6. The van der Waals surface area contributed by atoms with Crippen LogP contribution in [0.1, 0.15) is 10.4 Å². The maximum absolute atomic E-state index is 10.8. The Morgan fingerprint density at radius 1 is 1.40 bits per heavy atom. The standard InChI is InChI=1S/C9H11N3O3/c10-9(14)6-2-1-3-7(4-6)15-5-8(13)12-11/h1-4H,5,11H2,(H2,10,14)(H,12,13). The molecule has 0 atom stereocenters. The van der Waals surface area contributed by atoms with E-state index < -0.39 is 11.8 Å². The molecule has 5 N–H and O–H groups in total. The third-order valence-electron chi connectivity index (χ3n) is 1.65. The molecule has 0 aliphatic rings. The molecule has 15 heavy (non-hydrogen) atoms. The summed E-state index contributed by atoms with van der Waals surface area (Å²) in [5.74, 6) is 4.23. The van der Waals surface area contributed by atoms with Crippen LogP contribution in [-0.4, -0.2) is 18.4 Å². The molecule has 6 nitrogen and oxygen atoms in total. The summed E-state index contributed by atoms with van der Waals surface area (Å²) in [5.41, 5.74) is 7.31. The van der Waals surface area contributed by atoms with E-state index in [1.165, 1.54) is 6.07 Å². The molecule has 0 aliphatic heterocycles. The Labute approximate surface area is 86.2 Å². The van der Waals surface area contributed by atoms with Gasteiger partial charge in [-0.05, 0) is 18.2 Å². The van der Waals surface area contributed by atoms with Crippen molar-refractivity contribution in [1.29, 1.82) is 0 Å². The van der Waals surface area contributed by atoms with E-state index in [0.29, 0.717) is 11.3 Å². The van der Waals surface area contributed by atoms with E-state index in [9.17, 15) is 9.59 Å². The number of primary amides is 1. The van der Waals surface area contributed by atoms with Crippen LogP contribution in [0.3, 0.4) is 0 Å². The van der Waals surface area contributed by atoms with E-state index >= 15 is 0 Å². The number of hydrogen-bond donors (Lipinski definition) is 3. The molecule has 0 saturated heterocycles.